The van der Waals surface area contributed by atoms with Gasteiger partial charge in [-0.15, -0.1) is 0 Å². The van der Waals surface area contributed by atoms with Crippen molar-refractivity contribution in [2.75, 3.05) is 37.8 Å². The number of benzene rings is 1. The van der Waals surface area contributed by atoms with Crippen molar-refractivity contribution in [3.8, 4) is 11.6 Å². The average Bonchev–Trinajstić information content (AvgIpc) is 2.70. The molecule has 2 aromatic heterocycles. The lowest BCUT2D eigenvalue weighted by molar-refractivity contribution is 0.252. The molecule has 0 spiro atoms. The maximum absolute atomic E-state index is 6.39. The summed E-state index contributed by atoms with van der Waals surface area (Å²) in [4.78, 5) is 17.6. The summed E-state index contributed by atoms with van der Waals surface area (Å²) < 4.78 is 6.04. The van der Waals surface area contributed by atoms with E-state index in [0.29, 0.717) is 29.2 Å². The summed E-state index contributed by atoms with van der Waals surface area (Å²) in [5.74, 6) is 1.70. The van der Waals surface area contributed by atoms with Crippen LogP contribution in [0.5, 0.6) is 11.6 Å². The fourth-order valence-electron chi connectivity index (χ4n) is 3.55. The summed E-state index contributed by atoms with van der Waals surface area (Å²) in [6.07, 6.45) is 5.42. The van der Waals surface area contributed by atoms with Crippen LogP contribution in [0.2, 0.25) is 0 Å². The van der Waals surface area contributed by atoms with Gasteiger partial charge in [-0.1, -0.05) is 18.2 Å². The van der Waals surface area contributed by atoms with Crippen molar-refractivity contribution in [2.45, 2.75) is 18.9 Å². The predicted octanol–water partition coefficient (Wildman–Crippen LogP) is 2.93. The fourth-order valence-corrected chi connectivity index (χ4v) is 3.55. The van der Waals surface area contributed by atoms with E-state index in [1.165, 1.54) is 6.33 Å². The third kappa shape index (κ3) is 3.50. The number of piperidine rings is 1. The van der Waals surface area contributed by atoms with Crippen molar-refractivity contribution in [1.82, 2.24) is 19.9 Å². The number of para-hydroxylation sites is 1. The minimum atomic E-state index is 0.359. The monoisotopic (exact) mass is 364 g/mol. The molecule has 1 fully saturated rings. The molecule has 1 aliphatic heterocycles. The average molecular weight is 364 g/mol. The summed E-state index contributed by atoms with van der Waals surface area (Å²) in [7, 11) is 4.19. The van der Waals surface area contributed by atoms with E-state index in [-0.39, 0.29) is 0 Å². The molecule has 0 radical (unpaired) electrons. The molecular formula is C20H24N6O. The van der Waals surface area contributed by atoms with E-state index in [0.717, 1.165) is 36.8 Å². The molecule has 0 atom stereocenters. The van der Waals surface area contributed by atoms with Gasteiger partial charge >= 0.3 is 0 Å². The van der Waals surface area contributed by atoms with Crippen molar-refractivity contribution >= 4 is 22.4 Å². The molecule has 7 heteroatoms. The first-order valence-corrected chi connectivity index (χ1v) is 9.17. The standard InChI is InChI=1S/C20H24N6O/c1-25-11-8-15(9-12-25)26(2)19-17(21)20(24-13-23-19)27-16-7-3-5-14-6-4-10-22-18(14)16/h3-7,10,13,15H,8-9,11-12,21H2,1-2H3. The molecule has 1 aliphatic rings. The van der Waals surface area contributed by atoms with Gasteiger partial charge in [0, 0.05) is 24.7 Å². The minimum absolute atomic E-state index is 0.359. The van der Waals surface area contributed by atoms with E-state index < -0.39 is 0 Å². The number of hydrogen-bond acceptors (Lipinski definition) is 7. The molecule has 7 nitrogen and oxygen atoms in total. The molecular weight excluding hydrogens is 340 g/mol. The Balaban J connectivity index is 1.62. The molecule has 3 heterocycles. The van der Waals surface area contributed by atoms with Crippen LogP contribution in [0.3, 0.4) is 0 Å². The number of pyridine rings is 1. The number of nitrogens with zero attached hydrogens (tertiary/aromatic N) is 5. The number of ether oxygens (including phenoxy) is 1. The maximum atomic E-state index is 6.39. The predicted molar refractivity (Wildman–Crippen MR) is 107 cm³/mol. The molecule has 140 valence electrons. The number of aromatic nitrogens is 3. The van der Waals surface area contributed by atoms with Crippen LogP contribution in [0.1, 0.15) is 12.8 Å². The molecule has 1 saturated heterocycles. The Morgan fingerprint density at radius 1 is 1.11 bits per heavy atom. The number of hydrogen-bond donors (Lipinski definition) is 1. The minimum Gasteiger partial charge on any atom is -0.435 e. The third-order valence-electron chi connectivity index (χ3n) is 5.20. The highest BCUT2D eigenvalue weighted by molar-refractivity contribution is 5.84. The number of fused-ring (bicyclic) bond motifs is 1. The number of rotatable bonds is 4. The van der Waals surface area contributed by atoms with Gasteiger partial charge in [-0.2, -0.15) is 4.98 Å². The molecule has 3 aromatic rings. The lowest BCUT2D eigenvalue weighted by atomic mass is 10.0. The van der Waals surface area contributed by atoms with Crippen LogP contribution in [0, 0.1) is 0 Å². The van der Waals surface area contributed by atoms with Gasteiger partial charge in [-0.3, -0.25) is 4.98 Å². The summed E-state index contributed by atoms with van der Waals surface area (Å²) in [5, 5.41) is 1.01. The van der Waals surface area contributed by atoms with Crippen LogP contribution in [0.4, 0.5) is 11.5 Å². The molecule has 0 aliphatic carbocycles. The summed E-state index contributed by atoms with van der Waals surface area (Å²) in [6, 6.07) is 10.1. The smallest absolute Gasteiger partial charge is 0.248 e. The van der Waals surface area contributed by atoms with E-state index in [4.69, 9.17) is 10.5 Å². The van der Waals surface area contributed by atoms with Gasteiger partial charge < -0.3 is 20.3 Å². The molecule has 27 heavy (non-hydrogen) atoms. The van der Waals surface area contributed by atoms with Crippen LogP contribution in [0.25, 0.3) is 10.9 Å². The zero-order valence-electron chi connectivity index (χ0n) is 15.7. The normalized spacial score (nSPS) is 15.8. The Hall–Kier alpha value is -2.93. The number of anilines is 2. The Labute approximate surface area is 158 Å². The molecule has 2 N–H and O–H groups in total. The lowest BCUT2D eigenvalue weighted by Crippen LogP contribution is -2.42. The van der Waals surface area contributed by atoms with Gasteiger partial charge in [0.1, 0.15) is 17.5 Å². The van der Waals surface area contributed by atoms with Crippen LogP contribution < -0.4 is 15.4 Å². The number of likely N-dealkylation sites (tertiary alicyclic amines) is 1. The first kappa shape index (κ1) is 17.5. The van der Waals surface area contributed by atoms with Crippen molar-refractivity contribution in [1.29, 1.82) is 0 Å². The van der Waals surface area contributed by atoms with Crippen molar-refractivity contribution in [2.24, 2.45) is 0 Å². The zero-order valence-corrected chi connectivity index (χ0v) is 15.7. The van der Waals surface area contributed by atoms with Gasteiger partial charge in [-0.05, 0) is 45.1 Å². The Kier molecular flexibility index (Phi) is 4.77. The zero-order chi connectivity index (χ0) is 18.8. The SMILES string of the molecule is CN1CCC(N(C)c2ncnc(Oc3cccc4cccnc34)c2N)CC1. The second-order valence-corrected chi connectivity index (χ2v) is 6.99. The van der Waals surface area contributed by atoms with Crippen LogP contribution in [0.15, 0.2) is 42.9 Å². The first-order chi connectivity index (χ1) is 13.1. The Bertz CT molecular complexity index is 933. The van der Waals surface area contributed by atoms with Gasteiger partial charge in [0.15, 0.2) is 11.6 Å². The van der Waals surface area contributed by atoms with E-state index in [2.05, 4.69) is 31.8 Å². The van der Waals surface area contributed by atoms with Crippen LogP contribution >= 0.6 is 0 Å². The molecule has 0 bridgehead atoms. The van der Waals surface area contributed by atoms with E-state index in [9.17, 15) is 0 Å². The van der Waals surface area contributed by atoms with E-state index in [1.807, 2.05) is 37.4 Å². The van der Waals surface area contributed by atoms with Crippen molar-refractivity contribution < 1.29 is 4.74 Å². The quantitative estimate of drug-likeness (QED) is 0.762. The number of nitrogens with two attached hydrogens (primary N) is 1. The van der Waals surface area contributed by atoms with Crippen molar-refractivity contribution in [3.05, 3.63) is 42.9 Å². The summed E-state index contributed by atoms with van der Waals surface area (Å²) >= 11 is 0. The molecule has 0 saturated carbocycles. The second-order valence-electron chi connectivity index (χ2n) is 6.99. The summed E-state index contributed by atoms with van der Waals surface area (Å²) in [5.41, 5.74) is 7.62. The third-order valence-corrected chi connectivity index (χ3v) is 5.20. The molecule has 1 aromatic carbocycles. The Morgan fingerprint density at radius 3 is 2.70 bits per heavy atom. The summed E-state index contributed by atoms with van der Waals surface area (Å²) in [6.45, 7) is 2.15. The van der Waals surface area contributed by atoms with Gasteiger partial charge in [0.05, 0.1) is 0 Å². The fraction of sp³-hybridized carbons (Fsp3) is 0.350. The second kappa shape index (κ2) is 7.36. The van der Waals surface area contributed by atoms with Crippen LogP contribution in [-0.4, -0.2) is 53.1 Å². The van der Waals surface area contributed by atoms with Crippen LogP contribution in [-0.2, 0) is 0 Å². The van der Waals surface area contributed by atoms with Gasteiger partial charge in [0.2, 0.25) is 5.88 Å². The topological polar surface area (TPSA) is 80.4 Å². The lowest BCUT2D eigenvalue weighted by Gasteiger charge is -2.36. The Morgan fingerprint density at radius 2 is 1.89 bits per heavy atom. The highest BCUT2D eigenvalue weighted by Crippen LogP contribution is 2.34. The largest absolute Gasteiger partial charge is 0.435 e. The van der Waals surface area contributed by atoms with E-state index >= 15 is 0 Å². The maximum Gasteiger partial charge on any atom is 0.248 e. The molecule has 0 amide bonds. The van der Waals surface area contributed by atoms with Crippen molar-refractivity contribution in [3.63, 3.8) is 0 Å². The number of nitrogen functional groups attached to an aromatic ring is 1. The van der Waals surface area contributed by atoms with E-state index in [1.54, 1.807) is 6.20 Å². The molecule has 0 unspecified atom stereocenters. The van der Waals surface area contributed by atoms with Gasteiger partial charge in [0.25, 0.3) is 0 Å². The highest BCUT2D eigenvalue weighted by Gasteiger charge is 2.24. The first-order valence-electron chi connectivity index (χ1n) is 9.17. The highest BCUT2D eigenvalue weighted by atomic mass is 16.5. The van der Waals surface area contributed by atoms with Gasteiger partial charge in [-0.25, -0.2) is 4.98 Å². The molecule has 4 rings (SSSR count).